The molecule has 132 heavy (non-hydrogen) atoms. The molecule has 0 aliphatic rings. The number of nitrogens with zero attached hydrogens (tertiary/aromatic N) is 8. The first-order valence-electron chi connectivity index (χ1n) is 49.9. The Morgan fingerprint density at radius 2 is 0.212 bits per heavy atom. The van der Waals surface area contributed by atoms with Gasteiger partial charge in [0.15, 0.2) is 99.1 Å². The predicted octanol–water partition coefficient (Wildman–Crippen LogP) is 21.8. The summed E-state index contributed by atoms with van der Waals surface area (Å²) < 4.78 is 92.4. The maximum Gasteiger partial charge on any atom is 0.168 e. The fraction of sp³-hybridized carbons (Fsp3) is 0.615. The van der Waals surface area contributed by atoms with Gasteiger partial charge in [-0.25, -0.2) is 53.3 Å². The number of halogens is 4. The fourth-order valence-electron chi connectivity index (χ4n) is 13.3. The fourth-order valence-corrected chi connectivity index (χ4v) is 13.3. The maximum atomic E-state index is 10.1. The molecule has 0 aliphatic carbocycles. The van der Waals surface area contributed by atoms with Crippen molar-refractivity contribution in [2.45, 2.75) is 416 Å². The van der Waals surface area contributed by atoms with Gasteiger partial charge in [-0.1, -0.05) is 309 Å². The van der Waals surface area contributed by atoms with E-state index in [1.165, 1.54) is 361 Å². The van der Waals surface area contributed by atoms with Gasteiger partial charge in [0.25, 0.3) is 0 Å². The van der Waals surface area contributed by atoms with E-state index in [4.69, 9.17) is 57.4 Å². The van der Waals surface area contributed by atoms with Gasteiger partial charge in [0.05, 0.1) is 0 Å². The number of aromatic nitrogens is 8. The van der Waals surface area contributed by atoms with E-state index in [1.54, 1.807) is 0 Å². The van der Waals surface area contributed by atoms with E-state index in [0.29, 0.717) is 0 Å². The lowest BCUT2D eigenvalue weighted by atomic mass is 10.1. The minimum Gasteiger partial charge on any atom is -0.786 e. The molecular formula is C104H176F4N8O12P4. The Morgan fingerprint density at radius 3 is 0.288 bits per heavy atom. The summed E-state index contributed by atoms with van der Waals surface area (Å²) in [6, 6.07) is 50.0. The van der Waals surface area contributed by atoms with Gasteiger partial charge in [-0.3, -0.25) is 0 Å². The molecule has 28 heteroatoms. The SMILES string of the molecule is CCCCCCCC[n+]1ccccc1.CCCCCCCC[n+]1ccccc1.CCCCCCCC[n+]1ccccc1.CCCCCCCC[n+]1ccccc1.CCCCCCCC[n+]1ccccc1.CCCCCCCC[n+]1ccccc1.CCCCCCCC[n+]1ccccc1.CCCCCCCC[n+]1ccccc1.O=P([O-])([O-])F.O=P([O-])([O-])F.O=P([O-])([O-])F.O=P([O-])([O-])F. The standard InChI is InChI=1S/8C13H22N.4FH2O3P/c8*1-2-3-4-5-6-8-11-14-12-9-7-10-13-14;4*1-5(2,3)4/h8*7,9-10,12-13H,2-6,8,11H2,1H3;4*(H2,2,3,4)/q8*+1;;;;/p-8. The van der Waals surface area contributed by atoms with Crippen molar-refractivity contribution >= 4 is 31.6 Å². The Balaban J connectivity index is -0.000000688. The molecule has 0 aliphatic heterocycles. The van der Waals surface area contributed by atoms with Crippen LogP contribution >= 0.6 is 31.6 Å². The van der Waals surface area contributed by atoms with Gasteiger partial charge in [0.1, 0.15) is 84.0 Å². The zero-order valence-corrected chi connectivity index (χ0v) is 86.0. The summed E-state index contributed by atoms with van der Waals surface area (Å²) in [6.07, 6.45) is 100. The van der Waals surface area contributed by atoms with Crippen LogP contribution in [0.3, 0.4) is 0 Å². The molecule has 0 atom stereocenters. The highest BCUT2D eigenvalue weighted by Gasteiger charge is 2.05. The second-order valence-corrected chi connectivity index (χ2v) is 36.2. The molecule has 8 aromatic heterocycles. The Hall–Kier alpha value is -6.48. The van der Waals surface area contributed by atoms with Crippen molar-refractivity contribution in [2.24, 2.45) is 0 Å². The van der Waals surface area contributed by atoms with Crippen LogP contribution < -0.4 is 75.7 Å². The summed E-state index contributed by atoms with van der Waals surface area (Å²) in [5.74, 6) is 0. The van der Waals surface area contributed by atoms with Crippen LogP contribution in [0.25, 0.3) is 0 Å². The Labute approximate surface area is 798 Å². The molecule has 0 unspecified atom stereocenters. The van der Waals surface area contributed by atoms with E-state index in [1.807, 2.05) is 0 Å². The summed E-state index contributed by atoms with van der Waals surface area (Å²) in [5.41, 5.74) is 0. The molecule has 0 spiro atoms. The molecule has 0 bridgehead atoms. The van der Waals surface area contributed by atoms with Crippen molar-refractivity contribution < 1.29 is 111 Å². The monoisotopic (exact) mass is 1930 g/mol. The molecule has 8 rings (SSSR count). The Kier molecular flexibility index (Phi) is 100. The van der Waals surface area contributed by atoms with Gasteiger partial charge in [-0.2, -0.15) is 0 Å². The average molecular weight is 1930 g/mol. The summed E-state index contributed by atoms with van der Waals surface area (Å²) >= 11 is 0. The lowest BCUT2D eigenvalue weighted by Gasteiger charge is -2.15. The molecular weight excluding hydrogens is 1750 g/mol. The zero-order valence-electron chi connectivity index (χ0n) is 82.5. The highest BCUT2D eigenvalue weighted by molar-refractivity contribution is 7.43. The molecule has 0 radical (unpaired) electrons. The second-order valence-electron chi connectivity index (χ2n) is 32.8. The predicted molar refractivity (Wildman–Crippen MR) is 515 cm³/mol. The maximum absolute atomic E-state index is 10.1. The van der Waals surface area contributed by atoms with Gasteiger partial charge in [-0.15, -0.1) is 0 Å². The summed E-state index contributed by atoms with van der Waals surface area (Å²) in [6.45, 7) is 27.5. The first kappa shape index (κ1) is 132. The number of unbranched alkanes of at least 4 members (excludes halogenated alkanes) is 40. The second kappa shape index (κ2) is 100. The van der Waals surface area contributed by atoms with E-state index in [0.717, 1.165) is 0 Å². The van der Waals surface area contributed by atoms with Crippen molar-refractivity contribution in [3.8, 4) is 0 Å². The molecule has 0 amide bonds. The third-order valence-electron chi connectivity index (χ3n) is 20.4. The first-order valence-corrected chi connectivity index (χ1v) is 55.6. The van der Waals surface area contributed by atoms with Gasteiger partial charge in [-0.05, 0) is 51.4 Å². The molecule has 752 valence electrons. The van der Waals surface area contributed by atoms with Crippen molar-refractivity contribution in [1.29, 1.82) is 0 Å². The van der Waals surface area contributed by atoms with Crippen LogP contribution in [0, 0.1) is 0 Å². The number of aryl methyl sites for hydroxylation is 8. The van der Waals surface area contributed by atoms with Crippen molar-refractivity contribution in [3.63, 3.8) is 0 Å². The molecule has 0 fully saturated rings. The number of hydrogen-bond acceptors (Lipinski definition) is 12. The van der Waals surface area contributed by atoms with Crippen LogP contribution in [0.1, 0.15) is 364 Å². The molecule has 0 saturated heterocycles. The molecule has 0 saturated carbocycles. The van der Waals surface area contributed by atoms with E-state index in [2.05, 4.69) is 337 Å². The van der Waals surface area contributed by atoms with Crippen LogP contribution in [-0.2, 0) is 70.6 Å². The van der Waals surface area contributed by atoms with Crippen LogP contribution in [0.5, 0.6) is 0 Å². The molecule has 20 nitrogen and oxygen atoms in total. The topological polar surface area (TPSA) is 284 Å². The van der Waals surface area contributed by atoms with Crippen molar-refractivity contribution in [2.75, 3.05) is 0 Å². The van der Waals surface area contributed by atoms with Crippen LogP contribution in [0.2, 0.25) is 0 Å². The normalized spacial score (nSPS) is 10.6. The average Bonchev–Trinajstić information content (AvgIpc) is 1.00. The number of hydrogen-bond donors (Lipinski definition) is 0. The largest absolute Gasteiger partial charge is 0.786 e. The quantitative estimate of drug-likeness (QED) is 0.0149. The Morgan fingerprint density at radius 1 is 0.144 bits per heavy atom. The highest BCUT2D eigenvalue weighted by atomic mass is 31.2. The summed E-state index contributed by atoms with van der Waals surface area (Å²) in [7, 11) is -22.6. The lowest BCUT2D eigenvalue weighted by Crippen LogP contribution is -2.32. The van der Waals surface area contributed by atoms with E-state index >= 15 is 0 Å². The van der Waals surface area contributed by atoms with Crippen LogP contribution in [0.15, 0.2) is 245 Å². The van der Waals surface area contributed by atoms with E-state index in [9.17, 15) is 16.8 Å². The van der Waals surface area contributed by atoms with Crippen molar-refractivity contribution in [3.05, 3.63) is 245 Å². The molecule has 0 aromatic carbocycles. The summed E-state index contributed by atoms with van der Waals surface area (Å²) in [5, 5.41) is 0. The number of rotatable bonds is 56. The third kappa shape index (κ3) is 126. The lowest BCUT2D eigenvalue weighted by molar-refractivity contribution is -0.697. The van der Waals surface area contributed by atoms with E-state index in [-0.39, 0.29) is 0 Å². The molecule has 8 aromatic rings. The van der Waals surface area contributed by atoms with Gasteiger partial charge in [0, 0.05) is 148 Å². The van der Waals surface area contributed by atoms with Gasteiger partial charge in [0.2, 0.25) is 0 Å². The first-order chi connectivity index (χ1) is 63.5. The van der Waals surface area contributed by atoms with Gasteiger partial charge >= 0.3 is 0 Å². The number of pyridine rings is 8. The smallest absolute Gasteiger partial charge is 0.168 e. The van der Waals surface area contributed by atoms with Gasteiger partial charge < -0.3 is 57.4 Å². The van der Waals surface area contributed by atoms with E-state index < -0.39 is 31.6 Å². The van der Waals surface area contributed by atoms with Crippen LogP contribution in [-0.4, -0.2) is 0 Å². The van der Waals surface area contributed by atoms with Crippen LogP contribution in [0.4, 0.5) is 16.8 Å². The molecule has 8 heterocycles. The highest BCUT2D eigenvalue weighted by Crippen LogP contribution is 2.24. The third-order valence-corrected chi connectivity index (χ3v) is 20.4. The minimum atomic E-state index is -5.64. The van der Waals surface area contributed by atoms with Crippen molar-refractivity contribution in [1.82, 2.24) is 0 Å². The molecule has 0 N–H and O–H groups in total. The summed E-state index contributed by atoms with van der Waals surface area (Å²) in [4.78, 5) is 67.5. The zero-order chi connectivity index (χ0) is 98.5. The Bertz CT molecular complexity index is 3050. The minimum absolute atomic E-state index is 1.17.